The number of hydrogen-bond donors (Lipinski definition) is 2. The smallest absolute Gasteiger partial charge is 0.294 e. The van der Waals surface area contributed by atoms with Gasteiger partial charge in [0.2, 0.25) is 5.91 Å². The Morgan fingerprint density at radius 1 is 1.00 bits per heavy atom. The molecule has 0 unspecified atom stereocenters. The summed E-state index contributed by atoms with van der Waals surface area (Å²) in [5.41, 5.74) is 1.36. The molecule has 0 aromatic heterocycles. The first kappa shape index (κ1) is 14.2. The van der Waals surface area contributed by atoms with Crippen LogP contribution in [-0.2, 0) is 21.3 Å². The molecule has 0 aliphatic heterocycles. The van der Waals surface area contributed by atoms with E-state index in [0.717, 1.165) is 5.56 Å². The Morgan fingerprint density at radius 3 is 2.15 bits per heavy atom. The third kappa shape index (κ3) is 3.91. The second-order valence-corrected chi connectivity index (χ2v) is 5.63. The molecule has 104 valence electrons. The summed E-state index contributed by atoms with van der Waals surface area (Å²) < 4.78 is 30.6. The number of carbonyl (C=O) groups excluding carboxylic acids is 1. The van der Waals surface area contributed by atoms with Crippen LogP contribution in [0.5, 0.6) is 0 Å². The van der Waals surface area contributed by atoms with Crippen molar-refractivity contribution in [1.82, 2.24) is 0 Å². The maximum absolute atomic E-state index is 11.8. The maximum Gasteiger partial charge on any atom is 0.294 e. The van der Waals surface area contributed by atoms with Crippen LogP contribution in [0, 0.1) is 0 Å². The van der Waals surface area contributed by atoms with Gasteiger partial charge in [-0.2, -0.15) is 8.42 Å². The number of benzene rings is 2. The predicted molar refractivity (Wildman–Crippen MR) is 75.0 cm³/mol. The van der Waals surface area contributed by atoms with E-state index in [0.29, 0.717) is 5.69 Å². The Kier molecular flexibility index (Phi) is 4.16. The van der Waals surface area contributed by atoms with Crippen molar-refractivity contribution in [3.63, 3.8) is 0 Å². The van der Waals surface area contributed by atoms with Gasteiger partial charge >= 0.3 is 0 Å². The van der Waals surface area contributed by atoms with Gasteiger partial charge in [-0.15, -0.1) is 0 Å². The highest BCUT2D eigenvalue weighted by molar-refractivity contribution is 7.85. The van der Waals surface area contributed by atoms with Gasteiger partial charge in [0.05, 0.1) is 11.3 Å². The SMILES string of the molecule is O=C(Cc1ccccc1)Nc1ccc(S(=O)(=O)O)cc1. The molecule has 2 rings (SSSR count). The molecule has 0 radical (unpaired) electrons. The molecule has 2 N–H and O–H groups in total. The first-order chi connectivity index (χ1) is 9.45. The van der Waals surface area contributed by atoms with E-state index in [2.05, 4.69) is 5.32 Å². The van der Waals surface area contributed by atoms with Gasteiger partial charge < -0.3 is 5.32 Å². The molecule has 2 aromatic carbocycles. The third-order valence-electron chi connectivity index (χ3n) is 2.64. The summed E-state index contributed by atoms with van der Waals surface area (Å²) in [5.74, 6) is -0.198. The van der Waals surface area contributed by atoms with Crippen LogP contribution >= 0.6 is 0 Å². The number of amides is 1. The van der Waals surface area contributed by atoms with E-state index in [4.69, 9.17) is 4.55 Å². The van der Waals surface area contributed by atoms with E-state index in [1.165, 1.54) is 24.3 Å². The molecular formula is C14H13NO4S. The van der Waals surface area contributed by atoms with Crippen LogP contribution in [0.2, 0.25) is 0 Å². The fourth-order valence-corrected chi connectivity index (χ4v) is 2.18. The number of nitrogens with one attached hydrogen (secondary N) is 1. The fraction of sp³-hybridized carbons (Fsp3) is 0.0714. The van der Waals surface area contributed by atoms with Crippen molar-refractivity contribution in [2.75, 3.05) is 5.32 Å². The van der Waals surface area contributed by atoms with Gasteiger partial charge in [-0.3, -0.25) is 9.35 Å². The van der Waals surface area contributed by atoms with Crippen molar-refractivity contribution < 1.29 is 17.8 Å². The van der Waals surface area contributed by atoms with Crippen molar-refractivity contribution in [3.8, 4) is 0 Å². The zero-order valence-corrected chi connectivity index (χ0v) is 11.3. The molecule has 0 bridgehead atoms. The van der Waals surface area contributed by atoms with Crippen LogP contribution in [0.3, 0.4) is 0 Å². The quantitative estimate of drug-likeness (QED) is 0.845. The van der Waals surface area contributed by atoms with E-state index in [1.54, 1.807) is 0 Å². The van der Waals surface area contributed by atoms with E-state index in [9.17, 15) is 13.2 Å². The predicted octanol–water partition coefficient (Wildman–Crippen LogP) is 2.11. The molecule has 20 heavy (non-hydrogen) atoms. The molecule has 0 spiro atoms. The molecule has 0 heterocycles. The van der Waals surface area contributed by atoms with Crippen LogP contribution in [-0.4, -0.2) is 18.9 Å². The standard InChI is InChI=1S/C14H13NO4S/c16-14(10-11-4-2-1-3-5-11)15-12-6-8-13(9-7-12)20(17,18)19/h1-9H,10H2,(H,15,16)(H,17,18,19). The molecule has 1 amide bonds. The average Bonchev–Trinajstić information content (AvgIpc) is 2.39. The second kappa shape index (κ2) is 5.85. The molecule has 6 heteroatoms. The highest BCUT2D eigenvalue weighted by Gasteiger charge is 2.09. The van der Waals surface area contributed by atoms with Crippen molar-refractivity contribution in [2.24, 2.45) is 0 Å². The van der Waals surface area contributed by atoms with E-state index in [-0.39, 0.29) is 17.2 Å². The van der Waals surface area contributed by atoms with Crippen molar-refractivity contribution >= 4 is 21.7 Å². The molecule has 0 aliphatic carbocycles. The highest BCUT2D eigenvalue weighted by atomic mass is 32.2. The van der Waals surface area contributed by atoms with Gasteiger partial charge in [0.1, 0.15) is 0 Å². The van der Waals surface area contributed by atoms with Gasteiger partial charge in [-0.1, -0.05) is 30.3 Å². The fourth-order valence-electron chi connectivity index (χ4n) is 1.70. The monoisotopic (exact) mass is 291 g/mol. The number of hydrogen-bond acceptors (Lipinski definition) is 3. The van der Waals surface area contributed by atoms with Crippen LogP contribution < -0.4 is 5.32 Å². The minimum atomic E-state index is -4.21. The van der Waals surface area contributed by atoms with Gasteiger partial charge in [0.15, 0.2) is 0 Å². The summed E-state index contributed by atoms with van der Waals surface area (Å²) in [6.07, 6.45) is 0.237. The molecule has 0 fully saturated rings. The number of anilines is 1. The molecule has 0 saturated heterocycles. The number of carbonyl (C=O) groups is 1. The van der Waals surface area contributed by atoms with Gasteiger partial charge in [0.25, 0.3) is 10.1 Å². The van der Waals surface area contributed by atoms with E-state index >= 15 is 0 Å². The molecular weight excluding hydrogens is 278 g/mol. The molecule has 0 saturated carbocycles. The largest absolute Gasteiger partial charge is 0.326 e. The maximum atomic E-state index is 11.8. The lowest BCUT2D eigenvalue weighted by Crippen LogP contribution is -2.14. The Hall–Kier alpha value is -2.18. The van der Waals surface area contributed by atoms with Crippen LogP contribution in [0.4, 0.5) is 5.69 Å². The normalized spacial score (nSPS) is 11.1. The summed E-state index contributed by atoms with van der Waals surface area (Å²) in [6.45, 7) is 0. The Labute approximate surface area is 117 Å². The zero-order valence-electron chi connectivity index (χ0n) is 10.5. The molecule has 2 aromatic rings. The summed E-state index contributed by atoms with van der Waals surface area (Å²) in [5, 5.41) is 2.65. The zero-order chi connectivity index (χ0) is 14.6. The summed E-state index contributed by atoms with van der Waals surface area (Å²) in [7, 11) is -4.21. The topological polar surface area (TPSA) is 83.5 Å². The van der Waals surface area contributed by atoms with Gasteiger partial charge in [-0.25, -0.2) is 0 Å². The van der Waals surface area contributed by atoms with Crippen LogP contribution in [0.1, 0.15) is 5.56 Å². The lowest BCUT2D eigenvalue weighted by atomic mass is 10.1. The Balaban J connectivity index is 2.02. The van der Waals surface area contributed by atoms with E-state index in [1.807, 2.05) is 30.3 Å². The second-order valence-electron chi connectivity index (χ2n) is 4.21. The molecule has 0 atom stereocenters. The number of rotatable bonds is 4. The Morgan fingerprint density at radius 2 is 1.60 bits per heavy atom. The van der Waals surface area contributed by atoms with Crippen molar-refractivity contribution in [1.29, 1.82) is 0 Å². The molecule has 5 nitrogen and oxygen atoms in total. The lowest BCUT2D eigenvalue weighted by molar-refractivity contribution is -0.115. The van der Waals surface area contributed by atoms with Gasteiger partial charge in [0, 0.05) is 5.69 Å². The van der Waals surface area contributed by atoms with Crippen LogP contribution in [0.25, 0.3) is 0 Å². The molecule has 0 aliphatic rings. The van der Waals surface area contributed by atoms with Gasteiger partial charge in [-0.05, 0) is 29.8 Å². The minimum Gasteiger partial charge on any atom is -0.326 e. The summed E-state index contributed by atoms with van der Waals surface area (Å²) >= 11 is 0. The highest BCUT2D eigenvalue weighted by Crippen LogP contribution is 2.14. The van der Waals surface area contributed by atoms with Crippen LogP contribution in [0.15, 0.2) is 59.5 Å². The minimum absolute atomic E-state index is 0.198. The third-order valence-corrected chi connectivity index (χ3v) is 3.51. The summed E-state index contributed by atoms with van der Waals surface area (Å²) in [6, 6.07) is 14.6. The Bertz CT molecular complexity index is 694. The first-order valence-electron chi connectivity index (χ1n) is 5.86. The first-order valence-corrected chi connectivity index (χ1v) is 7.30. The van der Waals surface area contributed by atoms with Crippen molar-refractivity contribution in [3.05, 3.63) is 60.2 Å². The lowest BCUT2D eigenvalue weighted by Gasteiger charge is -2.06. The van der Waals surface area contributed by atoms with E-state index < -0.39 is 10.1 Å². The summed E-state index contributed by atoms with van der Waals surface area (Å²) in [4.78, 5) is 11.6. The van der Waals surface area contributed by atoms with Crippen molar-refractivity contribution in [2.45, 2.75) is 11.3 Å². The average molecular weight is 291 g/mol.